The first-order valence-corrected chi connectivity index (χ1v) is 9.08. The summed E-state index contributed by atoms with van der Waals surface area (Å²) in [5.41, 5.74) is 6.29. The van der Waals surface area contributed by atoms with Gasteiger partial charge in [0.25, 0.3) is 0 Å². The number of oxazole rings is 1. The zero-order valence-electron chi connectivity index (χ0n) is 15.3. The van der Waals surface area contributed by atoms with Crippen LogP contribution in [0, 0.1) is 6.92 Å². The van der Waals surface area contributed by atoms with Gasteiger partial charge < -0.3 is 8.98 Å². The monoisotopic (exact) mass is 367 g/mol. The van der Waals surface area contributed by atoms with E-state index in [1.165, 1.54) is 0 Å². The van der Waals surface area contributed by atoms with E-state index in [1.807, 2.05) is 67.6 Å². The van der Waals surface area contributed by atoms with Crippen LogP contribution in [0.2, 0.25) is 0 Å². The minimum atomic E-state index is 0.597. The lowest BCUT2D eigenvalue weighted by Gasteiger charge is -2.07. The number of rotatable bonds is 4. The Bertz CT molecular complexity index is 1280. The Kier molecular flexibility index (Phi) is 3.79. The Morgan fingerprint density at radius 2 is 1.79 bits per heavy atom. The number of nitrogens with zero attached hydrogens (tertiary/aromatic N) is 3. The number of aromatic nitrogens is 3. The molecule has 5 aromatic rings. The van der Waals surface area contributed by atoms with Gasteiger partial charge in [-0.2, -0.15) is 0 Å². The zero-order valence-corrected chi connectivity index (χ0v) is 15.3. The molecule has 136 valence electrons. The predicted molar refractivity (Wildman–Crippen MR) is 108 cm³/mol. The molecule has 5 heteroatoms. The molecule has 0 aliphatic carbocycles. The Balaban J connectivity index is 1.53. The van der Waals surface area contributed by atoms with Crippen LogP contribution < -0.4 is 0 Å². The number of carbonyl (C=O) groups is 1. The summed E-state index contributed by atoms with van der Waals surface area (Å²) in [5, 5.41) is 0. The van der Waals surface area contributed by atoms with Crippen molar-refractivity contribution in [3.05, 3.63) is 83.7 Å². The lowest BCUT2D eigenvalue weighted by molar-refractivity contribution is 0.112. The average Bonchev–Trinajstić information content (AvgIpc) is 3.29. The summed E-state index contributed by atoms with van der Waals surface area (Å²) in [4.78, 5) is 20.1. The van der Waals surface area contributed by atoms with Crippen LogP contribution in [0.5, 0.6) is 0 Å². The summed E-state index contributed by atoms with van der Waals surface area (Å²) < 4.78 is 8.05. The molecule has 0 fully saturated rings. The molecule has 0 N–H and O–H groups in total. The van der Waals surface area contributed by atoms with Gasteiger partial charge >= 0.3 is 0 Å². The molecule has 0 unspecified atom stereocenters. The van der Waals surface area contributed by atoms with Crippen molar-refractivity contribution in [3.63, 3.8) is 0 Å². The molecule has 28 heavy (non-hydrogen) atoms. The molecule has 0 aliphatic rings. The lowest BCUT2D eigenvalue weighted by atomic mass is 10.1. The van der Waals surface area contributed by atoms with Crippen molar-refractivity contribution < 1.29 is 9.21 Å². The van der Waals surface area contributed by atoms with Crippen LogP contribution in [-0.4, -0.2) is 20.8 Å². The van der Waals surface area contributed by atoms with Gasteiger partial charge in [-0.1, -0.05) is 36.4 Å². The van der Waals surface area contributed by atoms with E-state index in [1.54, 1.807) is 0 Å². The smallest absolute Gasteiger partial charge is 0.227 e. The summed E-state index contributed by atoms with van der Waals surface area (Å²) >= 11 is 0. The van der Waals surface area contributed by atoms with Crippen LogP contribution in [-0.2, 0) is 6.54 Å². The maximum atomic E-state index is 10.8. The van der Waals surface area contributed by atoms with E-state index < -0.39 is 0 Å². The SMILES string of the molecule is Cc1nc2cc(-c3nc4ccccc4o3)ccc2n1Cc1ccc(C=O)cc1. The fraction of sp³-hybridized carbons (Fsp3) is 0.0870. The highest BCUT2D eigenvalue weighted by Gasteiger charge is 2.12. The maximum absolute atomic E-state index is 10.8. The van der Waals surface area contributed by atoms with Gasteiger partial charge in [0.2, 0.25) is 5.89 Å². The summed E-state index contributed by atoms with van der Waals surface area (Å²) in [6, 6.07) is 21.4. The molecule has 0 amide bonds. The number of hydrogen-bond donors (Lipinski definition) is 0. The highest BCUT2D eigenvalue weighted by Crippen LogP contribution is 2.27. The van der Waals surface area contributed by atoms with Crippen LogP contribution in [0.25, 0.3) is 33.6 Å². The van der Waals surface area contributed by atoms with Gasteiger partial charge in [0, 0.05) is 17.7 Å². The number of imidazole rings is 1. The van der Waals surface area contributed by atoms with Gasteiger partial charge in [0.05, 0.1) is 11.0 Å². The third-order valence-corrected chi connectivity index (χ3v) is 4.94. The number of aryl methyl sites for hydroxylation is 1. The van der Waals surface area contributed by atoms with Crippen molar-refractivity contribution in [1.82, 2.24) is 14.5 Å². The quantitative estimate of drug-likeness (QED) is 0.419. The number of aldehydes is 1. The highest BCUT2D eigenvalue weighted by atomic mass is 16.3. The van der Waals surface area contributed by atoms with Crippen LogP contribution in [0.4, 0.5) is 0 Å². The molecule has 0 bridgehead atoms. The van der Waals surface area contributed by atoms with Crippen molar-refractivity contribution >= 4 is 28.4 Å². The Morgan fingerprint density at radius 1 is 0.964 bits per heavy atom. The molecule has 0 aliphatic heterocycles. The van der Waals surface area contributed by atoms with E-state index in [2.05, 4.69) is 15.6 Å². The molecule has 0 saturated heterocycles. The van der Waals surface area contributed by atoms with Crippen LogP contribution >= 0.6 is 0 Å². The molecule has 0 saturated carbocycles. The third kappa shape index (κ3) is 2.77. The molecule has 0 radical (unpaired) electrons. The normalized spacial score (nSPS) is 11.3. The Hall–Kier alpha value is -3.73. The number of para-hydroxylation sites is 2. The van der Waals surface area contributed by atoms with E-state index in [0.717, 1.165) is 45.4 Å². The fourth-order valence-electron chi connectivity index (χ4n) is 3.46. The minimum absolute atomic E-state index is 0.597. The average molecular weight is 367 g/mol. The van der Waals surface area contributed by atoms with Crippen molar-refractivity contribution in [3.8, 4) is 11.5 Å². The molecule has 2 aromatic heterocycles. The van der Waals surface area contributed by atoms with Crippen LogP contribution in [0.15, 0.2) is 71.1 Å². The van der Waals surface area contributed by atoms with E-state index in [0.29, 0.717) is 18.0 Å². The number of carbonyl (C=O) groups excluding carboxylic acids is 1. The zero-order chi connectivity index (χ0) is 19.1. The molecular formula is C23H17N3O2. The van der Waals surface area contributed by atoms with Gasteiger partial charge in [0.1, 0.15) is 17.6 Å². The van der Waals surface area contributed by atoms with E-state index in [4.69, 9.17) is 9.40 Å². The van der Waals surface area contributed by atoms with Crippen molar-refractivity contribution in [1.29, 1.82) is 0 Å². The third-order valence-electron chi connectivity index (χ3n) is 4.94. The molecule has 5 rings (SSSR count). The minimum Gasteiger partial charge on any atom is -0.436 e. The second kappa shape index (κ2) is 6.46. The van der Waals surface area contributed by atoms with Gasteiger partial charge in [-0.25, -0.2) is 9.97 Å². The maximum Gasteiger partial charge on any atom is 0.227 e. The molecule has 0 spiro atoms. The highest BCUT2D eigenvalue weighted by molar-refractivity contribution is 5.83. The first kappa shape index (κ1) is 16.4. The van der Waals surface area contributed by atoms with Gasteiger partial charge in [-0.3, -0.25) is 4.79 Å². The summed E-state index contributed by atoms with van der Waals surface area (Å²) in [5.74, 6) is 1.53. The van der Waals surface area contributed by atoms with Crippen LogP contribution in [0.3, 0.4) is 0 Å². The second-order valence-electron chi connectivity index (χ2n) is 6.79. The standard InChI is InChI=1S/C23H17N3O2/c1-15-24-20-12-18(23-25-19-4-2-3-5-22(19)28-23)10-11-21(20)26(15)13-16-6-8-17(14-27)9-7-16/h2-12,14H,13H2,1H3. The van der Waals surface area contributed by atoms with E-state index >= 15 is 0 Å². The van der Waals surface area contributed by atoms with E-state index in [-0.39, 0.29) is 0 Å². The van der Waals surface area contributed by atoms with Crippen molar-refractivity contribution in [2.75, 3.05) is 0 Å². The first-order chi connectivity index (χ1) is 13.7. The van der Waals surface area contributed by atoms with Crippen LogP contribution in [0.1, 0.15) is 21.7 Å². The molecular weight excluding hydrogens is 350 g/mol. The number of benzene rings is 3. The molecule has 3 aromatic carbocycles. The first-order valence-electron chi connectivity index (χ1n) is 9.08. The van der Waals surface area contributed by atoms with Gasteiger partial charge in [-0.15, -0.1) is 0 Å². The topological polar surface area (TPSA) is 60.9 Å². The van der Waals surface area contributed by atoms with Crippen molar-refractivity contribution in [2.24, 2.45) is 0 Å². The lowest BCUT2D eigenvalue weighted by Crippen LogP contribution is -2.02. The number of fused-ring (bicyclic) bond motifs is 2. The summed E-state index contributed by atoms with van der Waals surface area (Å²) in [7, 11) is 0. The van der Waals surface area contributed by atoms with Gasteiger partial charge in [0.15, 0.2) is 5.58 Å². The summed E-state index contributed by atoms with van der Waals surface area (Å²) in [6.07, 6.45) is 0.856. The summed E-state index contributed by atoms with van der Waals surface area (Å²) in [6.45, 7) is 2.70. The number of hydrogen-bond acceptors (Lipinski definition) is 4. The largest absolute Gasteiger partial charge is 0.436 e. The fourth-order valence-corrected chi connectivity index (χ4v) is 3.46. The second-order valence-corrected chi connectivity index (χ2v) is 6.79. The predicted octanol–water partition coefficient (Wildman–Crippen LogP) is 5.01. The molecule has 0 atom stereocenters. The van der Waals surface area contributed by atoms with Gasteiger partial charge in [-0.05, 0) is 42.8 Å². The van der Waals surface area contributed by atoms with Crippen molar-refractivity contribution in [2.45, 2.75) is 13.5 Å². The molecule has 2 heterocycles. The van der Waals surface area contributed by atoms with E-state index in [9.17, 15) is 4.79 Å². The Labute approximate surface area is 161 Å². The Morgan fingerprint density at radius 3 is 2.57 bits per heavy atom. The molecule has 5 nitrogen and oxygen atoms in total.